The van der Waals surface area contributed by atoms with Crippen LogP contribution in [0, 0.1) is 0 Å². The normalized spacial score (nSPS) is 10.3. The molecule has 0 aliphatic heterocycles. The second kappa shape index (κ2) is 6.52. The Morgan fingerprint density at radius 2 is 2.16 bits per heavy atom. The van der Waals surface area contributed by atoms with E-state index in [4.69, 9.17) is 0 Å². The fourth-order valence-electron chi connectivity index (χ4n) is 1.80. The molecule has 0 saturated heterocycles. The summed E-state index contributed by atoms with van der Waals surface area (Å²) in [6.45, 7) is 3.68. The van der Waals surface area contributed by atoms with Crippen LogP contribution in [0.25, 0.3) is 0 Å². The lowest BCUT2D eigenvalue weighted by Crippen LogP contribution is -2.18. The predicted octanol–water partition coefficient (Wildman–Crippen LogP) is 3.31. The molecule has 19 heavy (non-hydrogen) atoms. The standard InChI is InChI=1S/C14H17BrN4/c1-3-17-13-8-16-9-14(18-13)19(2)10-11-5-4-6-12(15)7-11/h4-9H,3,10H2,1-2H3,(H,17,18). The van der Waals surface area contributed by atoms with E-state index >= 15 is 0 Å². The Bertz CT molecular complexity index is 544. The van der Waals surface area contributed by atoms with Crippen LogP contribution in [0.2, 0.25) is 0 Å². The van der Waals surface area contributed by atoms with Gasteiger partial charge in [-0.15, -0.1) is 0 Å². The Kier molecular flexibility index (Phi) is 4.74. The summed E-state index contributed by atoms with van der Waals surface area (Å²) in [6, 6.07) is 8.27. The minimum Gasteiger partial charge on any atom is -0.369 e. The Morgan fingerprint density at radius 1 is 1.32 bits per heavy atom. The summed E-state index contributed by atoms with van der Waals surface area (Å²) in [6.07, 6.45) is 3.51. The maximum Gasteiger partial charge on any atom is 0.149 e. The summed E-state index contributed by atoms with van der Waals surface area (Å²) >= 11 is 3.48. The van der Waals surface area contributed by atoms with Crippen LogP contribution < -0.4 is 10.2 Å². The third-order valence-electron chi connectivity index (χ3n) is 2.68. The molecule has 1 aromatic heterocycles. The molecule has 1 aromatic carbocycles. The molecule has 2 rings (SSSR count). The first-order chi connectivity index (χ1) is 9.19. The van der Waals surface area contributed by atoms with Crippen molar-refractivity contribution in [1.29, 1.82) is 0 Å². The van der Waals surface area contributed by atoms with Crippen LogP contribution in [0.4, 0.5) is 11.6 Å². The predicted molar refractivity (Wildman–Crippen MR) is 82.4 cm³/mol. The average Bonchev–Trinajstić information content (AvgIpc) is 2.39. The number of rotatable bonds is 5. The molecule has 0 amide bonds. The highest BCUT2D eigenvalue weighted by atomic mass is 79.9. The average molecular weight is 321 g/mol. The second-order valence-corrected chi connectivity index (χ2v) is 5.19. The highest BCUT2D eigenvalue weighted by molar-refractivity contribution is 9.10. The molecule has 1 N–H and O–H groups in total. The summed E-state index contributed by atoms with van der Waals surface area (Å²) in [5.41, 5.74) is 1.23. The maximum absolute atomic E-state index is 4.52. The van der Waals surface area contributed by atoms with E-state index in [1.165, 1.54) is 5.56 Å². The first-order valence-corrected chi connectivity index (χ1v) is 7.00. The van der Waals surface area contributed by atoms with E-state index in [1.807, 2.05) is 26.1 Å². The molecule has 0 aliphatic rings. The van der Waals surface area contributed by atoms with Gasteiger partial charge >= 0.3 is 0 Å². The Balaban J connectivity index is 2.11. The van der Waals surface area contributed by atoms with Crippen LogP contribution in [0.15, 0.2) is 41.1 Å². The Hall–Kier alpha value is -1.62. The molecule has 100 valence electrons. The molecule has 2 aromatic rings. The molecule has 0 fully saturated rings. The van der Waals surface area contributed by atoms with Crippen molar-refractivity contribution >= 4 is 27.6 Å². The van der Waals surface area contributed by atoms with Gasteiger partial charge in [0.15, 0.2) is 0 Å². The third-order valence-corrected chi connectivity index (χ3v) is 3.17. The van der Waals surface area contributed by atoms with Crippen molar-refractivity contribution in [2.24, 2.45) is 0 Å². The van der Waals surface area contributed by atoms with E-state index in [0.717, 1.165) is 29.2 Å². The van der Waals surface area contributed by atoms with Gasteiger partial charge in [0.1, 0.15) is 11.6 Å². The van der Waals surface area contributed by atoms with E-state index in [2.05, 4.69) is 48.2 Å². The Labute approximate surface area is 122 Å². The lowest BCUT2D eigenvalue weighted by atomic mass is 10.2. The monoisotopic (exact) mass is 320 g/mol. The molecule has 1 heterocycles. The smallest absolute Gasteiger partial charge is 0.149 e. The van der Waals surface area contributed by atoms with E-state index in [-0.39, 0.29) is 0 Å². The van der Waals surface area contributed by atoms with E-state index < -0.39 is 0 Å². The van der Waals surface area contributed by atoms with Gasteiger partial charge in [-0.1, -0.05) is 28.1 Å². The Morgan fingerprint density at radius 3 is 2.89 bits per heavy atom. The summed E-state index contributed by atoms with van der Waals surface area (Å²) < 4.78 is 1.09. The highest BCUT2D eigenvalue weighted by Gasteiger charge is 2.05. The first kappa shape index (κ1) is 13.8. The van der Waals surface area contributed by atoms with E-state index in [0.29, 0.717) is 0 Å². The van der Waals surface area contributed by atoms with Crippen LogP contribution in [0.1, 0.15) is 12.5 Å². The topological polar surface area (TPSA) is 41.1 Å². The van der Waals surface area contributed by atoms with Gasteiger partial charge in [-0.2, -0.15) is 0 Å². The van der Waals surface area contributed by atoms with Crippen molar-refractivity contribution in [1.82, 2.24) is 9.97 Å². The zero-order valence-electron chi connectivity index (χ0n) is 11.1. The number of anilines is 2. The van der Waals surface area contributed by atoms with Gasteiger partial charge in [-0.3, -0.25) is 4.98 Å². The molecule has 0 aliphatic carbocycles. The zero-order valence-corrected chi connectivity index (χ0v) is 12.7. The molecule has 0 spiro atoms. The molecule has 0 atom stereocenters. The molecule has 0 saturated carbocycles. The first-order valence-electron chi connectivity index (χ1n) is 6.20. The number of halogens is 1. The van der Waals surface area contributed by atoms with Gasteiger partial charge in [0.25, 0.3) is 0 Å². The van der Waals surface area contributed by atoms with E-state index in [9.17, 15) is 0 Å². The molecule has 0 radical (unpaired) electrons. The van der Waals surface area contributed by atoms with Crippen molar-refractivity contribution in [3.63, 3.8) is 0 Å². The lowest BCUT2D eigenvalue weighted by Gasteiger charge is -2.18. The number of hydrogen-bond acceptors (Lipinski definition) is 4. The van der Waals surface area contributed by atoms with Crippen LogP contribution in [0.3, 0.4) is 0 Å². The molecule has 0 bridgehead atoms. The zero-order chi connectivity index (χ0) is 13.7. The minimum atomic E-state index is 0.795. The fourth-order valence-corrected chi connectivity index (χ4v) is 2.24. The summed E-state index contributed by atoms with van der Waals surface area (Å²) in [5.74, 6) is 1.67. The highest BCUT2D eigenvalue weighted by Crippen LogP contribution is 2.16. The largest absolute Gasteiger partial charge is 0.369 e. The maximum atomic E-state index is 4.52. The summed E-state index contributed by atoms with van der Waals surface area (Å²) in [5, 5.41) is 3.17. The van der Waals surface area contributed by atoms with Gasteiger partial charge in [-0.25, -0.2) is 4.98 Å². The van der Waals surface area contributed by atoms with Crippen molar-refractivity contribution in [3.05, 3.63) is 46.7 Å². The van der Waals surface area contributed by atoms with Gasteiger partial charge < -0.3 is 10.2 Å². The van der Waals surface area contributed by atoms with Crippen LogP contribution in [-0.4, -0.2) is 23.6 Å². The lowest BCUT2D eigenvalue weighted by molar-refractivity contribution is 0.889. The van der Waals surface area contributed by atoms with Gasteiger partial charge in [0, 0.05) is 24.6 Å². The van der Waals surface area contributed by atoms with Crippen molar-refractivity contribution in [2.45, 2.75) is 13.5 Å². The number of hydrogen-bond donors (Lipinski definition) is 1. The van der Waals surface area contributed by atoms with Crippen LogP contribution >= 0.6 is 15.9 Å². The molecular formula is C14H17BrN4. The van der Waals surface area contributed by atoms with Gasteiger partial charge in [0.05, 0.1) is 12.4 Å². The van der Waals surface area contributed by atoms with Crippen molar-refractivity contribution in [3.8, 4) is 0 Å². The molecule has 0 unspecified atom stereocenters. The number of nitrogens with zero attached hydrogens (tertiary/aromatic N) is 3. The minimum absolute atomic E-state index is 0.795. The SMILES string of the molecule is CCNc1cncc(N(C)Cc2cccc(Br)c2)n1. The second-order valence-electron chi connectivity index (χ2n) is 4.28. The quantitative estimate of drug-likeness (QED) is 0.917. The third kappa shape index (κ3) is 3.92. The molecule has 5 heteroatoms. The van der Waals surface area contributed by atoms with Crippen LogP contribution in [-0.2, 0) is 6.54 Å². The van der Waals surface area contributed by atoms with Crippen molar-refractivity contribution in [2.75, 3.05) is 23.8 Å². The molecule has 4 nitrogen and oxygen atoms in total. The number of nitrogens with one attached hydrogen (secondary N) is 1. The van der Waals surface area contributed by atoms with Crippen molar-refractivity contribution < 1.29 is 0 Å². The van der Waals surface area contributed by atoms with Gasteiger partial charge in [-0.05, 0) is 24.6 Å². The number of aromatic nitrogens is 2. The van der Waals surface area contributed by atoms with Crippen LogP contribution in [0.5, 0.6) is 0 Å². The fraction of sp³-hybridized carbons (Fsp3) is 0.286. The summed E-state index contributed by atoms with van der Waals surface area (Å²) in [4.78, 5) is 10.8. The van der Waals surface area contributed by atoms with Gasteiger partial charge in [0.2, 0.25) is 0 Å². The summed E-state index contributed by atoms with van der Waals surface area (Å²) in [7, 11) is 2.01. The molecular weight excluding hydrogens is 304 g/mol. The van der Waals surface area contributed by atoms with E-state index in [1.54, 1.807) is 12.4 Å². The number of benzene rings is 1.